The summed E-state index contributed by atoms with van der Waals surface area (Å²) in [6, 6.07) is 4.67. The number of ether oxygens (including phenoxy) is 1. The summed E-state index contributed by atoms with van der Waals surface area (Å²) in [4.78, 5) is 82.8. The number of carbonyl (C=O) groups excluding carboxylic acids is 4. The molecule has 0 radical (unpaired) electrons. The zero-order valence-electron chi connectivity index (χ0n) is 32.7. The summed E-state index contributed by atoms with van der Waals surface area (Å²) in [6.45, 7) is 7.05. The number of carboxylic acid groups (broad SMARTS) is 1. The van der Waals surface area contributed by atoms with Gasteiger partial charge in [-0.2, -0.15) is 27.8 Å². The molecule has 3 fully saturated rings. The zero-order valence-corrected chi connectivity index (χ0v) is 35.2. The average Bonchev–Trinajstić information content (AvgIpc) is 3.90. The Labute approximate surface area is 353 Å². The third-order valence-electron chi connectivity index (χ3n) is 11.3. The van der Waals surface area contributed by atoms with E-state index in [0.717, 1.165) is 42.7 Å². The smallest absolute Gasteiger partial charge is 0.408 e. The van der Waals surface area contributed by atoms with Gasteiger partial charge in [-0.3, -0.25) is 19.2 Å². The van der Waals surface area contributed by atoms with Gasteiger partial charge in [0.05, 0.1) is 28.3 Å². The Bertz CT molecular complexity index is 2460. The molecule has 1 aliphatic heterocycles. The van der Waals surface area contributed by atoms with Crippen LogP contribution in [0.1, 0.15) is 68.8 Å². The fourth-order valence-electron chi connectivity index (χ4n) is 7.93. The SMILES string of the molecule is C=C[C@@H]1C[C@]1(NC(=O)[C@@H]1C[C@@H](n2ncc(-c3ccsc3)c(-c3ccsc3)c2=O)CN1C(=O)[C@@H](NC(=O)OC1CCCC1)C(C)C)C(=O)NS(=O)(=O)c1ccc(C(=O)O)cc1. The molecule has 16 nitrogen and oxygen atoms in total. The molecule has 60 heavy (non-hydrogen) atoms. The fourth-order valence-corrected chi connectivity index (χ4v) is 10.3. The van der Waals surface area contributed by atoms with Gasteiger partial charge < -0.3 is 25.4 Å². The van der Waals surface area contributed by atoms with E-state index in [2.05, 4.69) is 22.3 Å². The molecule has 3 aromatic heterocycles. The van der Waals surface area contributed by atoms with Crippen LogP contribution >= 0.6 is 22.7 Å². The van der Waals surface area contributed by atoms with Crippen molar-refractivity contribution in [1.29, 1.82) is 0 Å². The van der Waals surface area contributed by atoms with Crippen LogP contribution in [-0.4, -0.2) is 88.3 Å². The Hall–Kier alpha value is -5.66. The molecule has 3 aliphatic rings. The summed E-state index contributed by atoms with van der Waals surface area (Å²) in [7, 11) is -4.53. The van der Waals surface area contributed by atoms with Crippen LogP contribution in [0, 0.1) is 11.8 Å². The largest absolute Gasteiger partial charge is 0.478 e. The van der Waals surface area contributed by atoms with Crippen LogP contribution < -0.4 is 20.9 Å². The lowest BCUT2D eigenvalue weighted by Gasteiger charge is -2.31. The topological polar surface area (TPSA) is 223 Å². The normalized spacial score (nSPS) is 21.9. The number of carboxylic acids is 1. The average molecular weight is 877 g/mol. The van der Waals surface area contributed by atoms with E-state index in [0.29, 0.717) is 29.5 Å². The van der Waals surface area contributed by atoms with Crippen molar-refractivity contribution in [3.8, 4) is 22.3 Å². The van der Waals surface area contributed by atoms with E-state index in [1.54, 1.807) is 20.0 Å². The Kier molecular flexibility index (Phi) is 12.1. The second kappa shape index (κ2) is 17.1. The second-order valence-corrected chi connectivity index (χ2v) is 18.8. The first-order valence-corrected chi connectivity index (χ1v) is 22.8. The van der Waals surface area contributed by atoms with Crippen molar-refractivity contribution in [2.45, 2.75) is 87.0 Å². The molecule has 1 saturated heterocycles. The molecule has 4 aromatic rings. The molecule has 19 heteroatoms. The number of nitrogens with one attached hydrogen (secondary N) is 3. The van der Waals surface area contributed by atoms with E-state index < -0.39 is 80.9 Å². The highest BCUT2D eigenvalue weighted by Crippen LogP contribution is 2.45. The van der Waals surface area contributed by atoms with Crippen LogP contribution in [0.2, 0.25) is 0 Å². The van der Waals surface area contributed by atoms with Gasteiger partial charge in [0.25, 0.3) is 21.5 Å². The van der Waals surface area contributed by atoms with Crippen molar-refractivity contribution in [2.24, 2.45) is 11.8 Å². The number of aromatic carboxylic acids is 1. The highest BCUT2D eigenvalue weighted by molar-refractivity contribution is 7.90. The lowest BCUT2D eigenvalue weighted by atomic mass is 10.0. The highest BCUT2D eigenvalue weighted by atomic mass is 32.2. The van der Waals surface area contributed by atoms with Gasteiger partial charge in [-0.1, -0.05) is 19.9 Å². The van der Waals surface area contributed by atoms with Crippen LogP contribution in [-0.2, 0) is 29.1 Å². The highest BCUT2D eigenvalue weighted by Gasteiger charge is 2.61. The molecular formula is C41H44N6O10S3. The molecule has 1 aromatic carbocycles. The van der Waals surface area contributed by atoms with E-state index >= 15 is 0 Å². The van der Waals surface area contributed by atoms with Gasteiger partial charge in [0.2, 0.25) is 11.8 Å². The van der Waals surface area contributed by atoms with Crippen molar-refractivity contribution in [3.05, 3.63) is 92.7 Å². The summed E-state index contributed by atoms with van der Waals surface area (Å²) < 4.78 is 35.5. The molecule has 2 saturated carbocycles. The van der Waals surface area contributed by atoms with Gasteiger partial charge in [0.1, 0.15) is 23.7 Å². The third-order valence-corrected chi connectivity index (χ3v) is 14.0. The molecule has 4 N–H and O–H groups in total. The minimum Gasteiger partial charge on any atom is -0.478 e. The minimum absolute atomic E-state index is 0.0100. The van der Waals surface area contributed by atoms with E-state index in [1.807, 2.05) is 38.4 Å². The number of alkyl carbamates (subject to hydrolysis) is 1. The summed E-state index contributed by atoms with van der Waals surface area (Å²) in [5, 5.41) is 26.7. The Balaban J connectivity index is 1.20. The number of nitrogens with zero attached hydrogens (tertiary/aromatic N) is 3. The lowest BCUT2D eigenvalue weighted by Crippen LogP contribution is -2.59. The van der Waals surface area contributed by atoms with Gasteiger partial charge in [0.15, 0.2) is 0 Å². The van der Waals surface area contributed by atoms with Gasteiger partial charge in [0, 0.05) is 24.4 Å². The van der Waals surface area contributed by atoms with Crippen molar-refractivity contribution in [3.63, 3.8) is 0 Å². The lowest BCUT2D eigenvalue weighted by molar-refractivity contribution is -0.141. The maximum atomic E-state index is 14.6. The molecule has 7 rings (SSSR count). The number of hydrogen-bond acceptors (Lipinski definition) is 12. The monoisotopic (exact) mass is 876 g/mol. The van der Waals surface area contributed by atoms with E-state index in [4.69, 9.17) is 4.74 Å². The van der Waals surface area contributed by atoms with E-state index in [-0.39, 0.29) is 35.9 Å². The standard InChI is InChI=1S/C41H44N6O10S3/c1-4-27-18-41(27,39(53)45-60(55,56)30-11-9-24(10-12-30)38(51)52)44-35(48)32-17-28(20-46(32)37(50)34(23(2)3)43-40(54)57-29-7-5-6-8-29)47-36(49)33(26-14-16-59-22-26)31(19-42-47)25-13-15-58-21-25/h4,9-16,19,21-23,27-29,32,34H,1,5-8,17-18,20H2,2-3H3,(H,43,54)(H,44,48)(H,45,53)(H,51,52)/t27-,28-,32+,34+,41-/m1/s1. The molecule has 0 unspecified atom stereocenters. The van der Waals surface area contributed by atoms with Crippen molar-refractivity contribution in [2.75, 3.05) is 6.54 Å². The molecule has 5 atom stereocenters. The predicted molar refractivity (Wildman–Crippen MR) is 223 cm³/mol. The summed E-state index contributed by atoms with van der Waals surface area (Å²) in [6.07, 6.45) is 5.09. The number of thiophene rings is 2. The Morgan fingerprint density at radius 2 is 1.68 bits per heavy atom. The molecule has 316 valence electrons. The number of hydrogen-bond donors (Lipinski definition) is 4. The zero-order chi connectivity index (χ0) is 42.9. The van der Waals surface area contributed by atoms with Crippen molar-refractivity contribution >= 4 is 62.5 Å². The maximum absolute atomic E-state index is 14.6. The first-order chi connectivity index (χ1) is 28.6. The van der Waals surface area contributed by atoms with Crippen LogP contribution in [0.3, 0.4) is 0 Å². The van der Waals surface area contributed by atoms with Crippen molar-refractivity contribution < 1.29 is 42.2 Å². The number of rotatable bonds is 14. The van der Waals surface area contributed by atoms with Crippen LogP contribution in [0.4, 0.5) is 4.79 Å². The third kappa shape index (κ3) is 8.51. The summed E-state index contributed by atoms with van der Waals surface area (Å²) in [5.74, 6) is -4.91. The molecule has 4 amide bonds. The van der Waals surface area contributed by atoms with Gasteiger partial charge >= 0.3 is 12.1 Å². The number of carbonyl (C=O) groups is 5. The number of likely N-dealkylation sites (tertiary alicyclic amines) is 1. The van der Waals surface area contributed by atoms with Gasteiger partial charge in [-0.05, 0) is 107 Å². The van der Waals surface area contributed by atoms with Crippen LogP contribution in [0.5, 0.6) is 0 Å². The van der Waals surface area contributed by atoms with Gasteiger partial charge in [-0.25, -0.2) is 27.4 Å². The predicted octanol–water partition coefficient (Wildman–Crippen LogP) is 4.80. The van der Waals surface area contributed by atoms with Crippen LogP contribution in [0.15, 0.2) is 86.5 Å². The Morgan fingerprint density at radius 1 is 1.02 bits per heavy atom. The second-order valence-electron chi connectivity index (χ2n) is 15.6. The quantitative estimate of drug-likeness (QED) is 0.126. The molecule has 2 aliphatic carbocycles. The Morgan fingerprint density at radius 3 is 2.27 bits per heavy atom. The summed E-state index contributed by atoms with van der Waals surface area (Å²) >= 11 is 2.89. The molecular weight excluding hydrogens is 833 g/mol. The first-order valence-electron chi connectivity index (χ1n) is 19.4. The number of amides is 4. The number of aromatic nitrogens is 2. The number of benzene rings is 1. The van der Waals surface area contributed by atoms with Crippen LogP contribution in [0.25, 0.3) is 22.3 Å². The maximum Gasteiger partial charge on any atom is 0.408 e. The minimum atomic E-state index is -4.53. The first kappa shape index (κ1) is 42.5. The summed E-state index contributed by atoms with van der Waals surface area (Å²) in [5.41, 5.74) is 0.116. The van der Waals surface area contributed by atoms with E-state index in [1.165, 1.54) is 38.3 Å². The molecule has 0 spiro atoms. The fraction of sp³-hybridized carbons (Fsp3) is 0.390. The molecule has 4 heterocycles. The molecule has 0 bridgehead atoms. The van der Waals surface area contributed by atoms with Gasteiger partial charge in [-0.15, -0.1) is 6.58 Å². The van der Waals surface area contributed by atoms with Crippen molar-refractivity contribution in [1.82, 2.24) is 30.0 Å². The number of sulfonamides is 1. The van der Waals surface area contributed by atoms with E-state index in [9.17, 15) is 42.3 Å².